The molecule has 3 atom stereocenters. The van der Waals surface area contributed by atoms with E-state index in [9.17, 15) is 0 Å². The van der Waals surface area contributed by atoms with Crippen LogP contribution in [0.2, 0.25) is 0 Å². The van der Waals surface area contributed by atoms with Crippen LogP contribution in [0.15, 0.2) is 24.5 Å². The smallest absolute Gasteiger partial charge is 0.0270 e. The standard InChI is InChI=1S/C13H22NP/c1-10(15)12(9-13(2,3)4)11-5-7-14-8-6-11/h5-8,10,12H,9,15H2,1-4H3. The second-order valence-corrected chi connectivity index (χ2v) is 6.56. The minimum absolute atomic E-state index is 0.374. The van der Waals surface area contributed by atoms with Gasteiger partial charge in [-0.1, -0.05) is 27.7 Å². The molecule has 0 spiro atoms. The van der Waals surface area contributed by atoms with Gasteiger partial charge in [0.15, 0.2) is 0 Å². The molecule has 15 heavy (non-hydrogen) atoms. The Morgan fingerprint density at radius 1 is 1.27 bits per heavy atom. The van der Waals surface area contributed by atoms with Gasteiger partial charge in [0.2, 0.25) is 0 Å². The van der Waals surface area contributed by atoms with Crippen molar-refractivity contribution in [2.45, 2.75) is 45.7 Å². The second-order valence-electron chi connectivity index (χ2n) is 5.51. The molecule has 0 aliphatic heterocycles. The lowest BCUT2D eigenvalue weighted by Crippen LogP contribution is -2.17. The van der Waals surface area contributed by atoms with Gasteiger partial charge in [-0.05, 0) is 41.1 Å². The number of rotatable bonds is 3. The van der Waals surface area contributed by atoms with Crippen LogP contribution in [0.4, 0.5) is 0 Å². The molecule has 0 N–H and O–H groups in total. The van der Waals surface area contributed by atoms with Crippen LogP contribution in [0, 0.1) is 5.41 Å². The number of pyridine rings is 1. The van der Waals surface area contributed by atoms with Crippen molar-refractivity contribution < 1.29 is 0 Å². The highest BCUT2D eigenvalue weighted by atomic mass is 31.0. The second kappa shape index (κ2) is 5.07. The van der Waals surface area contributed by atoms with Crippen molar-refractivity contribution in [2.75, 3.05) is 0 Å². The van der Waals surface area contributed by atoms with Crippen molar-refractivity contribution in [2.24, 2.45) is 5.41 Å². The monoisotopic (exact) mass is 223 g/mol. The first-order valence-electron chi connectivity index (χ1n) is 5.55. The van der Waals surface area contributed by atoms with Gasteiger partial charge in [-0.15, -0.1) is 9.24 Å². The third-order valence-electron chi connectivity index (χ3n) is 2.60. The molecule has 1 heterocycles. The lowest BCUT2D eigenvalue weighted by Gasteiger charge is -2.29. The van der Waals surface area contributed by atoms with Crippen molar-refractivity contribution >= 4 is 9.24 Å². The Morgan fingerprint density at radius 2 is 1.80 bits per heavy atom. The molecule has 0 radical (unpaired) electrons. The summed E-state index contributed by atoms with van der Waals surface area (Å²) in [6, 6.07) is 4.27. The first-order chi connectivity index (χ1) is 6.90. The number of hydrogen-bond donors (Lipinski definition) is 0. The SMILES string of the molecule is CC(P)C(CC(C)(C)C)c1ccncc1. The molecule has 3 unspecified atom stereocenters. The molecule has 1 aromatic rings. The van der Waals surface area contributed by atoms with E-state index in [4.69, 9.17) is 0 Å². The fourth-order valence-corrected chi connectivity index (χ4v) is 2.24. The Morgan fingerprint density at radius 3 is 2.20 bits per heavy atom. The number of hydrogen-bond acceptors (Lipinski definition) is 1. The van der Waals surface area contributed by atoms with Crippen LogP contribution in [0.3, 0.4) is 0 Å². The van der Waals surface area contributed by atoms with E-state index in [0.717, 1.165) is 0 Å². The van der Waals surface area contributed by atoms with Crippen LogP contribution < -0.4 is 0 Å². The Bertz CT molecular complexity index is 287. The third-order valence-corrected chi connectivity index (χ3v) is 3.07. The summed E-state index contributed by atoms with van der Waals surface area (Å²) >= 11 is 0. The van der Waals surface area contributed by atoms with E-state index >= 15 is 0 Å². The first-order valence-corrected chi connectivity index (χ1v) is 6.22. The molecule has 0 aromatic carbocycles. The predicted molar refractivity (Wildman–Crippen MR) is 70.2 cm³/mol. The first kappa shape index (κ1) is 12.6. The molecule has 1 nitrogen and oxygen atoms in total. The van der Waals surface area contributed by atoms with Gasteiger partial charge in [0, 0.05) is 12.4 Å². The Hall–Kier alpha value is -0.420. The van der Waals surface area contributed by atoms with Gasteiger partial charge >= 0.3 is 0 Å². The van der Waals surface area contributed by atoms with Crippen LogP contribution >= 0.6 is 9.24 Å². The van der Waals surface area contributed by atoms with Gasteiger partial charge in [0.1, 0.15) is 0 Å². The zero-order chi connectivity index (χ0) is 11.5. The van der Waals surface area contributed by atoms with E-state index in [1.54, 1.807) is 0 Å². The minimum Gasteiger partial charge on any atom is -0.265 e. The number of aromatic nitrogens is 1. The summed E-state index contributed by atoms with van der Waals surface area (Å²) in [5, 5.41) is 0. The highest BCUT2D eigenvalue weighted by Crippen LogP contribution is 2.35. The summed E-state index contributed by atoms with van der Waals surface area (Å²) in [4.78, 5) is 4.08. The van der Waals surface area contributed by atoms with Gasteiger partial charge in [0.25, 0.3) is 0 Å². The molecule has 0 saturated heterocycles. The topological polar surface area (TPSA) is 12.9 Å². The average Bonchev–Trinajstić information content (AvgIpc) is 2.14. The maximum Gasteiger partial charge on any atom is 0.0270 e. The van der Waals surface area contributed by atoms with Crippen LogP contribution in [-0.4, -0.2) is 10.6 Å². The van der Waals surface area contributed by atoms with E-state index in [-0.39, 0.29) is 0 Å². The van der Waals surface area contributed by atoms with E-state index < -0.39 is 0 Å². The van der Waals surface area contributed by atoms with Crippen LogP contribution in [-0.2, 0) is 0 Å². The molecule has 0 bridgehead atoms. The summed E-state index contributed by atoms with van der Waals surface area (Å²) < 4.78 is 0. The van der Waals surface area contributed by atoms with E-state index in [1.807, 2.05) is 12.4 Å². The fourth-order valence-electron chi connectivity index (χ4n) is 1.88. The molecule has 1 rings (SSSR count). The minimum atomic E-state index is 0.374. The predicted octanol–water partition coefficient (Wildman–Crippen LogP) is 3.87. The fraction of sp³-hybridized carbons (Fsp3) is 0.615. The molecule has 0 fully saturated rings. The van der Waals surface area contributed by atoms with Gasteiger partial charge in [-0.3, -0.25) is 4.98 Å². The lowest BCUT2D eigenvalue weighted by atomic mass is 9.80. The van der Waals surface area contributed by atoms with Gasteiger partial charge in [0.05, 0.1) is 0 Å². The van der Waals surface area contributed by atoms with Gasteiger partial charge in [-0.2, -0.15) is 0 Å². The lowest BCUT2D eigenvalue weighted by molar-refractivity contribution is 0.338. The molecule has 0 saturated carbocycles. The largest absolute Gasteiger partial charge is 0.265 e. The Kier molecular flexibility index (Phi) is 4.28. The van der Waals surface area contributed by atoms with Crippen LogP contribution in [0.5, 0.6) is 0 Å². The summed E-state index contributed by atoms with van der Waals surface area (Å²) in [5.74, 6) is 0.609. The summed E-state index contributed by atoms with van der Waals surface area (Å²) in [6.07, 6.45) is 4.98. The van der Waals surface area contributed by atoms with Gasteiger partial charge in [-0.25, -0.2) is 0 Å². The van der Waals surface area contributed by atoms with Crippen molar-refractivity contribution in [1.29, 1.82) is 0 Å². The van der Waals surface area contributed by atoms with Crippen molar-refractivity contribution in [3.8, 4) is 0 Å². The van der Waals surface area contributed by atoms with E-state index in [0.29, 0.717) is 17.0 Å². The molecule has 0 aliphatic rings. The van der Waals surface area contributed by atoms with Crippen LogP contribution in [0.1, 0.15) is 45.6 Å². The zero-order valence-electron chi connectivity index (χ0n) is 10.2. The Balaban J connectivity index is 2.85. The quantitative estimate of drug-likeness (QED) is 0.709. The maximum atomic E-state index is 4.08. The summed E-state index contributed by atoms with van der Waals surface area (Å²) in [5.41, 5.74) is 2.38. The maximum absolute atomic E-state index is 4.08. The molecule has 84 valence electrons. The molecule has 2 heteroatoms. The highest BCUT2D eigenvalue weighted by molar-refractivity contribution is 7.17. The third kappa shape index (κ3) is 4.30. The molecular weight excluding hydrogens is 201 g/mol. The van der Waals surface area contributed by atoms with Crippen molar-refractivity contribution in [3.63, 3.8) is 0 Å². The van der Waals surface area contributed by atoms with E-state index in [2.05, 4.69) is 54.1 Å². The summed E-state index contributed by atoms with van der Waals surface area (Å²) in [7, 11) is 2.93. The normalized spacial score (nSPS) is 16.1. The Labute approximate surface area is 95.9 Å². The van der Waals surface area contributed by atoms with Crippen molar-refractivity contribution in [1.82, 2.24) is 4.98 Å². The zero-order valence-corrected chi connectivity index (χ0v) is 11.4. The molecule has 0 aliphatic carbocycles. The van der Waals surface area contributed by atoms with Crippen LogP contribution in [0.25, 0.3) is 0 Å². The highest BCUT2D eigenvalue weighted by Gasteiger charge is 2.22. The van der Waals surface area contributed by atoms with E-state index in [1.165, 1.54) is 12.0 Å². The van der Waals surface area contributed by atoms with Crippen molar-refractivity contribution in [3.05, 3.63) is 30.1 Å². The molecule has 1 aromatic heterocycles. The molecule has 0 amide bonds. The number of nitrogens with zero attached hydrogens (tertiary/aromatic N) is 1. The molecular formula is C13H22NP. The summed E-state index contributed by atoms with van der Waals surface area (Å²) in [6.45, 7) is 9.16. The van der Waals surface area contributed by atoms with Gasteiger partial charge < -0.3 is 0 Å². The average molecular weight is 223 g/mol.